The van der Waals surface area contributed by atoms with Gasteiger partial charge in [0.05, 0.1) is 51.5 Å². The summed E-state index contributed by atoms with van der Waals surface area (Å²) in [5.41, 5.74) is -1.41. The number of hydrogen-bond acceptors (Lipinski definition) is 11. The average Bonchev–Trinajstić information content (AvgIpc) is 3.61. The SMILES string of the molecule is COc1cc(C=CC2C3=CCC4C(=O)N(c5cc([N+](=O)[O-])c(N(C)C)c([N+](=O)[O-])c5)C(=O)C4C3CC3C(=O)N(c4cccc(Cl)c4)C(=O)C23c2ccccc2)ccc1O. The van der Waals surface area contributed by atoms with Crippen LogP contribution in [0.15, 0.2) is 103 Å². The van der Waals surface area contributed by atoms with E-state index in [4.69, 9.17) is 16.3 Å². The molecule has 2 aliphatic heterocycles. The van der Waals surface area contributed by atoms with Gasteiger partial charge in [-0.1, -0.05) is 77.9 Å². The van der Waals surface area contributed by atoms with Gasteiger partial charge in [-0.05, 0) is 60.2 Å². The Labute approximate surface area is 342 Å². The molecule has 0 spiro atoms. The lowest BCUT2D eigenvalue weighted by Gasteiger charge is -2.49. The Balaban J connectivity index is 1.31. The number of amides is 4. The lowest BCUT2D eigenvalue weighted by atomic mass is 9.50. The van der Waals surface area contributed by atoms with Crippen molar-refractivity contribution in [2.24, 2.45) is 29.6 Å². The van der Waals surface area contributed by atoms with E-state index in [-0.39, 0.29) is 41.4 Å². The topological polar surface area (TPSA) is 194 Å². The molecule has 0 bridgehead atoms. The number of nitro benzene ring substituents is 2. The van der Waals surface area contributed by atoms with Crippen molar-refractivity contribution in [1.29, 1.82) is 0 Å². The van der Waals surface area contributed by atoms with Crippen LogP contribution in [-0.2, 0) is 24.6 Å². The number of hydrogen-bond donors (Lipinski definition) is 1. The van der Waals surface area contributed by atoms with Crippen molar-refractivity contribution in [2.75, 3.05) is 35.9 Å². The number of nitro groups is 2. The van der Waals surface area contributed by atoms with Crippen LogP contribution in [0, 0.1) is 49.8 Å². The van der Waals surface area contributed by atoms with Crippen LogP contribution in [0.3, 0.4) is 0 Å². The molecule has 1 N–H and O–H groups in total. The summed E-state index contributed by atoms with van der Waals surface area (Å²) >= 11 is 6.39. The van der Waals surface area contributed by atoms with Gasteiger partial charge in [-0.15, -0.1) is 0 Å². The highest BCUT2D eigenvalue weighted by Gasteiger charge is 2.69. The first-order valence-electron chi connectivity index (χ1n) is 18.7. The van der Waals surface area contributed by atoms with Crippen LogP contribution in [0.25, 0.3) is 6.08 Å². The number of benzene rings is 4. The van der Waals surface area contributed by atoms with Crippen molar-refractivity contribution in [2.45, 2.75) is 18.3 Å². The third kappa shape index (κ3) is 5.94. The molecule has 4 aromatic rings. The summed E-state index contributed by atoms with van der Waals surface area (Å²) in [6.07, 6.45) is 5.43. The molecule has 2 heterocycles. The summed E-state index contributed by atoms with van der Waals surface area (Å²) in [6.45, 7) is 0. The summed E-state index contributed by atoms with van der Waals surface area (Å²) in [7, 11) is 4.23. The van der Waals surface area contributed by atoms with Crippen molar-refractivity contribution in [3.8, 4) is 11.5 Å². The van der Waals surface area contributed by atoms with Crippen molar-refractivity contribution in [3.63, 3.8) is 0 Å². The number of ether oxygens (including phenoxy) is 1. The molecule has 4 amide bonds. The van der Waals surface area contributed by atoms with Gasteiger partial charge < -0.3 is 14.7 Å². The second-order valence-electron chi connectivity index (χ2n) is 15.2. The maximum atomic E-state index is 15.4. The van der Waals surface area contributed by atoms with Gasteiger partial charge in [0.15, 0.2) is 17.2 Å². The third-order valence-electron chi connectivity index (χ3n) is 12.1. The molecule has 1 saturated carbocycles. The van der Waals surface area contributed by atoms with E-state index in [9.17, 15) is 39.7 Å². The zero-order valence-electron chi connectivity index (χ0n) is 31.9. The number of rotatable bonds is 9. The molecule has 0 radical (unpaired) electrons. The van der Waals surface area contributed by atoms with Gasteiger partial charge in [0.25, 0.3) is 0 Å². The van der Waals surface area contributed by atoms with E-state index in [1.54, 1.807) is 66.7 Å². The molecule has 2 saturated heterocycles. The van der Waals surface area contributed by atoms with E-state index in [1.807, 2.05) is 12.2 Å². The van der Waals surface area contributed by atoms with Gasteiger partial charge in [0, 0.05) is 37.2 Å². The number of methoxy groups -OCH3 is 1. The normalized spacial score (nSPS) is 24.8. The number of imide groups is 2. The molecular weight excluding hydrogens is 782 g/mol. The number of phenols is 1. The van der Waals surface area contributed by atoms with E-state index in [0.29, 0.717) is 21.7 Å². The Bertz CT molecular complexity index is 2520. The predicted octanol–water partition coefficient (Wildman–Crippen LogP) is 6.85. The Morgan fingerprint density at radius 2 is 1.54 bits per heavy atom. The number of carbonyl (C=O) groups excluding carboxylic acids is 4. The van der Waals surface area contributed by atoms with Gasteiger partial charge in [0.2, 0.25) is 23.6 Å². The second-order valence-corrected chi connectivity index (χ2v) is 15.6. The fourth-order valence-corrected chi connectivity index (χ4v) is 9.89. The van der Waals surface area contributed by atoms with Crippen LogP contribution in [0.1, 0.15) is 24.0 Å². The average molecular weight is 818 g/mol. The summed E-state index contributed by atoms with van der Waals surface area (Å²) in [5.74, 6) is -7.05. The highest BCUT2D eigenvalue weighted by molar-refractivity contribution is 6.32. The van der Waals surface area contributed by atoms with E-state index in [0.717, 1.165) is 21.9 Å². The zero-order chi connectivity index (χ0) is 42.1. The summed E-state index contributed by atoms with van der Waals surface area (Å²) < 4.78 is 5.34. The van der Waals surface area contributed by atoms with Gasteiger partial charge in [-0.2, -0.15) is 0 Å². The number of anilines is 3. The molecule has 300 valence electrons. The Morgan fingerprint density at radius 3 is 2.17 bits per heavy atom. The highest BCUT2D eigenvalue weighted by atomic mass is 35.5. The van der Waals surface area contributed by atoms with Gasteiger partial charge in [0.1, 0.15) is 0 Å². The molecular formula is C43H36ClN5O10. The minimum Gasteiger partial charge on any atom is -0.504 e. The van der Waals surface area contributed by atoms with Crippen molar-refractivity contribution < 1.29 is 38.9 Å². The molecule has 15 nitrogen and oxygen atoms in total. The van der Waals surface area contributed by atoms with Crippen LogP contribution >= 0.6 is 11.6 Å². The lowest BCUT2D eigenvalue weighted by Crippen LogP contribution is -2.54. The smallest absolute Gasteiger partial charge is 0.301 e. The molecule has 3 fully saturated rings. The molecule has 0 aromatic heterocycles. The lowest BCUT2D eigenvalue weighted by molar-refractivity contribution is -0.392. The van der Waals surface area contributed by atoms with Gasteiger partial charge in [-0.3, -0.25) is 39.4 Å². The second kappa shape index (κ2) is 14.5. The summed E-state index contributed by atoms with van der Waals surface area (Å²) in [4.78, 5) is 85.4. The van der Waals surface area contributed by atoms with E-state index in [2.05, 4.69) is 0 Å². The largest absolute Gasteiger partial charge is 0.504 e. The number of nitrogens with zero attached hydrogens (tertiary/aromatic N) is 5. The number of allylic oxidation sites excluding steroid dienone is 3. The maximum Gasteiger partial charge on any atom is 0.301 e. The van der Waals surface area contributed by atoms with Gasteiger partial charge in [-0.25, -0.2) is 9.80 Å². The Kier molecular flexibility index (Phi) is 9.58. The molecule has 59 heavy (non-hydrogen) atoms. The molecule has 16 heteroatoms. The first-order chi connectivity index (χ1) is 28.2. The van der Waals surface area contributed by atoms with Crippen LogP contribution in [0.2, 0.25) is 5.02 Å². The van der Waals surface area contributed by atoms with Crippen LogP contribution in [-0.4, -0.2) is 59.8 Å². The monoisotopic (exact) mass is 817 g/mol. The van der Waals surface area contributed by atoms with Gasteiger partial charge >= 0.3 is 11.4 Å². The number of halogens is 1. The minimum absolute atomic E-state index is 0.0202. The third-order valence-corrected chi connectivity index (χ3v) is 12.3. The number of fused-ring (bicyclic) bond motifs is 4. The maximum absolute atomic E-state index is 15.4. The van der Waals surface area contributed by atoms with E-state index < -0.39 is 79.9 Å². The van der Waals surface area contributed by atoms with Crippen LogP contribution in [0.4, 0.5) is 28.4 Å². The number of phenolic OH excluding ortho intramolecular Hbond substituents is 1. The predicted molar refractivity (Wildman–Crippen MR) is 217 cm³/mol. The fourth-order valence-electron chi connectivity index (χ4n) is 9.71. The van der Waals surface area contributed by atoms with Crippen molar-refractivity contribution >= 4 is 69.7 Å². The van der Waals surface area contributed by atoms with Crippen molar-refractivity contribution in [3.05, 3.63) is 139 Å². The standard InChI is InChI=1S/C43H36ClN5O10/c1-45(2)38-33(48(55)56)20-27(21-34(38)49(57)58)46-39(51)29-15-14-28-30(37(29)41(46)53)22-32-40(52)47(26-11-7-10-25(44)19-26)42(54)43(32,24-8-5-4-6-9-24)31(28)16-12-23-13-17-35(50)36(18-23)59-3/h4-14,16-21,29-32,37,50H,15,22H2,1-3H3. The molecule has 2 aliphatic carbocycles. The Hall–Kier alpha value is -6.87. The first kappa shape index (κ1) is 39.0. The minimum atomic E-state index is -1.54. The summed E-state index contributed by atoms with van der Waals surface area (Å²) in [5, 5.41) is 35.1. The first-order valence-corrected chi connectivity index (χ1v) is 19.0. The number of carbonyl (C=O) groups is 4. The van der Waals surface area contributed by atoms with Crippen molar-refractivity contribution in [1.82, 2.24) is 0 Å². The molecule has 6 unspecified atom stereocenters. The molecule has 4 aliphatic rings. The quantitative estimate of drug-likeness (QED) is 0.0804. The zero-order valence-corrected chi connectivity index (χ0v) is 32.6. The van der Waals surface area contributed by atoms with E-state index in [1.165, 1.54) is 38.2 Å². The highest BCUT2D eigenvalue weighted by Crippen LogP contribution is 2.62. The fraction of sp³-hybridized carbons (Fsp3) is 0.256. The molecule has 6 atom stereocenters. The summed E-state index contributed by atoms with van der Waals surface area (Å²) in [6, 6.07) is 22.1. The molecule has 4 aromatic carbocycles. The Morgan fingerprint density at radius 1 is 0.847 bits per heavy atom. The van der Waals surface area contributed by atoms with E-state index >= 15 is 4.79 Å². The number of aromatic hydroxyl groups is 1. The van der Waals surface area contributed by atoms with Crippen LogP contribution < -0.4 is 19.4 Å². The van der Waals surface area contributed by atoms with Crippen LogP contribution in [0.5, 0.6) is 11.5 Å². The molecule has 8 rings (SSSR count).